The SMILES string of the molecule is CC(C)N=C(N)CCC(=O)N1Cc2ccccc2C#Cc2ccccc21. The van der Waals surface area contributed by atoms with E-state index in [0.717, 1.165) is 22.4 Å². The third kappa shape index (κ3) is 4.12. The van der Waals surface area contributed by atoms with Gasteiger partial charge in [-0.1, -0.05) is 42.2 Å². The number of hydrogen-bond donors (Lipinski definition) is 1. The Morgan fingerprint density at radius 1 is 1.08 bits per heavy atom. The van der Waals surface area contributed by atoms with Crippen LogP contribution >= 0.6 is 0 Å². The minimum atomic E-state index is 0.0258. The lowest BCUT2D eigenvalue weighted by Crippen LogP contribution is -2.32. The van der Waals surface area contributed by atoms with Crippen molar-refractivity contribution in [3.8, 4) is 11.8 Å². The number of aliphatic imine (C=N–C) groups is 1. The van der Waals surface area contributed by atoms with Gasteiger partial charge in [0.15, 0.2) is 0 Å². The van der Waals surface area contributed by atoms with Crippen molar-refractivity contribution in [2.45, 2.75) is 39.3 Å². The molecule has 4 nitrogen and oxygen atoms in total. The Morgan fingerprint density at radius 3 is 2.50 bits per heavy atom. The molecular weight excluding hydrogens is 322 g/mol. The first kappa shape index (κ1) is 17.8. The van der Waals surface area contributed by atoms with Crippen LogP contribution in [0.2, 0.25) is 0 Å². The highest BCUT2D eigenvalue weighted by Crippen LogP contribution is 2.26. The van der Waals surface area contributed by atoms with Crippen molar-refractivity contribution in [2.75, 3.05) is 4.90 Å². The molecule has 26 heavy (non-hydrogen) atoms. The summed E-state index contributed by atoms with van der Waals surface area (Å²) in [7, 11) is 0. The van der Waals surface area contributed by atoms with Gasteiger partial charge in [0, 0.05) is 30.0 Å². The van der Waals surface area contributed by atoms with Gasteiger partial charge in [-0.05, 0) is 37.6 Å². The van der Waals surface area contributed by atoms with Gasteiger partial charge < -0.3 is 10.6 Å². The van der Waals surface area contributed by atoms with E-state index in [-0.39, 0.29) is 11.9 Å². The van der Waals surface area contributed by atoms with Crippen molar-refractivity contribution in [2.24, 2.45) is 10.7 Å². The van der Waals surface area contributed by atoms with Crippen LogP contribution in [0.3, 0.4) is 0 Å². The summed E-state index contributed by atoms with van der Waals surface area (Å²) in [5, 5.41) is 0. The van der Waals surface area contributed by atoms with Gasteiger partial charge in [0.1, 0.15) is 0 Å². The largest absolute Gasteiger partial charge is 0.387 e. The van der Waals surface area contributed by atoms with E-state index >= 15 is 0 Å². The summed E-state index contributed by atoms with van der Waals surface area (Å²) in [6.45, 7) is 4.44. The zero-order chi connectivity index (χ0) is 18.5. The molecule has 1 heterocycles. The molecule has 0 spiro atoms. The summed E-state index contributed by atoms with van der Waals surface area (Å²) < 4.78 is 0. The van der Waals surface area contributed by atoms with Crippen LogP contribution in [-0.2, 0) is 11.3 Å². The maximum atomic E-state index is 13.0. The Balaban J connectivity index is 1.91. The number of nitrogens with two attached hydrogens (primary N) is 1. The lowest BCUT2D eigenvalue weighted by Gasteiger charge is -2.26. The smallest absolute Gasteiger partial charge is 0.227 e. The number of hydrogen-bond acceptors (Lipinski definition) is 2. The average Bonchev–Trinajstić information content (AvgIpc) is 2.61. The number of rotatable bonds is 4. The maximum absolute atomic E-state index is 13.0. The molecule has 0 aliphatic carbocycles. The third-order valence-electron chi connectivity index (χ3n) is 4.19. The van der Waals surface area contributed by atoms with E-state index in [1.165, 1.54) is 0 Å². The van der Waals surface area contributed by atoms with Crippen LogP contribution in [0.5, 0.6) is 0 Å². The fraction of sp³-hybridized carbons (Fsp3) is 0.273. The molecule has 0 unspecified atom stereocenters. The molecule has 4 heteroatoms. The Bertz CT molecular complexity index is 903. The number of benzene rings is 2. The predicted molar refractivity (Wildman–Crippen MR) is 106 cm³/mol. The van der Waals surface area contributed by atoms with Crippen LogP contribution in [0.1, 0.15) is 43.4 Å². The second-order valence-electron chi connectivity index (χ2n) is 6.62. The zero-order valence-electron chi connectivity index (χ0n) is 15.2. The monoisotopic (exact) mass is 345 g/mol. The zero-order valence-corrected chi connectivity index (χ0v) is 15.2. The normalized spacial score (nSPS) is 13.2. The minimum Gasteiger partial charge on any atom is -0.387 e. The molecule has 1 aliphatic rings. The first-order valence-electron chi connectivity index (χ1n) is 8.86. The average molecular weight is 345 g/mol. The molecule has 132 valence electrons. The van der Waals surface area contributed by atoms with Crippen molar-refractivity contribution in [3.05, 3.63) is 65.2 Å². The van der Waals surface area contributed by atoms with Crippen LogP contribution < -0.4 is 10.6 Å². The van der Waals surface area contributed by atoms with Gasteiger partial charge >= 0.3 is 0 Å². The topological polar surface area (TPSA) is 58.7 Å². The van der Waals surface area contributed by atoms with E-state index in [9.17, 15) is 4.79 Å². The Hall–Kier alpha value is -3.06. The molecule has 3 rings (SSSR count). The molecule has 0 radical (unpaired) electrons. The van der Waals surface area contributed by atoms with Crippen LogP contribution in [-0.4, -0.2) is 17.8 Å². The summed E-state index contributed by atoms with van der Waals surface area (Å²) in [5.74, 6) is 6.98. The van der Waals surface area contributed by atoms with Gasteiger partial charge in [0.05, 0.1) is 18.1 Å². The molecule has 2 aromatic carbocycles. The Morgan fingerprint density at radius 2 is 1.73 bits per heavy atom. The summed E-state index contributed by atoms with van der Waals surface area (Å²) in [6.07, 6.45) is 0.787. The molecule has 0 bridgehead atoms. The number of carbonyl (C=O) groups is 1. The molecule has 1 aliphatic heterocycles. The minimum absolute atomic E-state index is 0.0258. The quantitative estimate of drug-likeness (QED) is 0.524. The fourth-order valence-electron chi connectivity index (χ4n) is 2.97. The van der Waals surface area contributed by atoms with E-state index in [4.69, 9.17) is 5.73 Å². The number of carbonyl (C=O) groups excluding carboxylic acids is 1. The number of para-hydroxylation sites is 1. The highest BCUT2D eigenvalue weighted by atomic mass is 16.2. The number of nitrogens with zero attached hydrogens (tertiary/aromatic N) is 2. The van der Waals surface area contributed by atoms with E-state index in [2.05, 4.69) is 16.8 Å². The molecule has 0 saturated carbocycles. The summed E-state index contributed by atoms with van der Waals surface area (Å²) in [6, 6.07) is 15.9. The molecule has 0 fully saturated rings. The molecule has 0 saturated heterocycles. The standard InChI is InChI=1S/C22H23N3O/c1-16(2)24-21(23)13-14-22(26)25-15-19-9-4-3-7-17(19)11-12-18-8-5-6-10-20(18)25/h3-10,16H,13-15H2,1-2H3,(H2,23,24). The molecule has 2 aromatic rings. The van der Waals surface area contributed by atoms with Gasteiger partial charge in [0.25, 0.3) is 0 Å². The van der Waals surface area contributed by atoms with E-state index in [0.29, 0.717) is 25.2 Å². The van der Waals surface area contributed by atoms with Crippen LogP contribution in [0.4, 0.5) is 5.69 Å². The van der Waals surface area contributed by atoms with Gasteiger partial charge in [-0.2, -0.15) is 0 Å². The van der Waals surface area contributed by atoms with Crippen LogP contribution in [0.25, 0.3) is 0 Å². The highest BCUT2D eigenvalue weighted by Gasteiger charge is 2.21. The van der Waals surface area contributed by atoms with E-state index in [1.54, 1.807) is 0 Å². The van der Waals surface area contributed by atoms with Crippen molar-refractivity contribution in [1.29, 1.82) is 0 Å². The fourth-order valence-corrected chi connectivity index (χ4v) is 2.97. The number of amidine groups is 1. The predicted octanol–water partition coefficient (Wildman–Crippen LogP) is 3.48. The second-order valence-corrected chi connectivity index (χ2v) is 6.62. The number of anilines is 1. The molecule has 2 N–H and O–H groups in total. The first-order chi connectivity index (χ1) is 12.5. The van der Waals surface area contributed by atoms with Crippen molar-refractivity contribution < 1.29 is 4.79 Å². The first-order valence-corrected chi connectivity index (χ1v) is 8.86. The lowest BCUT2D eigenvalue weighted by atomic mass is 10.0. The van der Waals surface area contributed by atoms with Crippen LogP contribution in [0, 0.1) is 11.8 Å². The van der Waals surface area contributed by atoms with Gasteiger partial charge in [-0.15, -0.1) is 0 Å². The molecular formula is C22H23N3O. The van der Waals surface area contributed by atoms with Gasteiger partial charge in [-0.3, -0.25) is 9.79 Å². The second kappa shape index (κ2) is 7.88. The van der Waals surface area contributed by atoms with Crippen molar-refractivity contribution >= 4 is 17.4 Å². The molecule has 0 aromatic heterocycles. The summed E-state index contributed by atoms with van der Waals surface area (Å²) in [5.41, 5.74) is 9.65. The van der Waals surface area contributed by atoms with Gasteiger partial charge in [-0.25, -0.2) is 0 Å². The molecule has 0 atom stereocenters. The third-order valence-corrected chi connectivity index (χ3v) is 4.19. The molecule has 1 amide bonds. The number of fused-ring (bicyclic) bond motifs is 2. The van der Waals surface area contributed by atoms with E-state index < -0.39 is 0 Å². The van der Waals surface area contributed by atoms with Gasteiger partial charge in [0.2, 0.25) is 5.91 Å². The maximum Gasteiger partial charge on any atom is 0.227 e. The van der Waals surface area contributed by atoms with Crippen molar-refractivity contribution in [1.82, 2.24) is 0 Å². The number of amides is 1. The lowest BCUT2D eigenvalue weighted by molar-refractivity contribution is -0.118. The van der Waals surface area contributed by atoms with E-state index in [1.807, 2.05) is 67.3 Å². The summed E-state index contributed by atoms with van der Waals surface area (Å²) >= 11 is 0. The summed E-state index contributed by atoms with van der Waals surface area (Å²) in [4.78, 5) is 19.1. The Labute approximate surface area is 154 Å². The van der Waals surface area contributed by atoms with Crippen LogP contribution in [0.15, 0.2) is 53.5 Å². The highest BCUT2D eigenvalue weighted by molar-refractivity contribution is 5.97. The Kier molecular flexibility index (Phi) is 5.38. The van der Waals surface area contributed by atoms with Crippen molar-refractivity contribution in [3.63, 3.8) is 0 Å².